The van der Waals surface area contributed by atoms with Gasteiger partial charge in [-0.1, -0.05) is 12.1 Å². The predicted molar refractivity (Wildman–Crippen MR) is 70.1 cm³/mol. The van der Waals surface area contributed by atoms with Crippen LogP contribution in [0.2, 0.25) is 0 Å². The first kappa shape index (κ1) is 12.1. The Morgan fingerprint density at radius 2 is 1.94 bits per heavy atom. The molecule has 0 unspecified atom stereocenters. The first-order valence-electron chi connectivity index (χ1n) is 5.37. The van der Waals surface area contributed by atoms with Crippen molar-refractivity contribution in [1.82, 2.24) is 9.55 Å². The maximum Gasteiger partial charge on any atom is 0.272 e. The second-order valence-corrected chi connectivity index (χ2v) is 8.11. The van der Waals surface area contributed by atoms with E-state index < -0.39 is 7.14 Å². The lowest BCUT2D eigenvalue weighted by atomic mass is 10.3. The molecule has 1 aromatic heterocycles. The van der Waals surface area contributed by atoms with E-state index in [0.29, 0.717) is 5.69 Å². The Hall–Kier alpha value is -1.41. The number of hydrogen-bond donors (Lipinski definition) is 0. The van der Waals surface area contributed by atoms with E-state index >= 15 is 0 Å². The Bertz CT molecular complexity index is 670. The SMILES string of the molecule is Cn1c(=O)c(CP(C)(C)=O)nc2ccccc21. The van der Waals surface area contributed by atoms with Gasteiger partial charge in [-0.2, -0.15) is 0 Å². The number of para-hydroxylation sites is 2. The van der Waals surface area contributed by atoms with Crippen molar-refractivity contribution < 1.29 is 4.57 Å². The van der Waals surface area contributed by atoms with Crippen LogP contribution in [0.3, 0.4) is 0 Å². The van der Waals surface area contributed by atoms with Crippen LogP contribution in [0.1, 0.15) is 5.69 Å². The van der Waals surface area contributed by atoms with Crippen molar-refractivity contribution in [2.24, 2.45) is 7.05 Å². The summed E-state index contributed by atoms with van der Waals surface area (Å²) in [7, 11) is -0.574. The molecule has 0 bridgehead atoms. The van der Waals surface area contributed by atoms with Gasteiger partial charge in [0.25, 0.3) is 5.56 Å². The second-order valence-electron chi connectivity index (χ2n) is 4.64. The predicted octanol–water partition coefficient (Wildman–Crippen LogP) is 2.06. The molecule has 0 saturated heterocycles. The number of hydrogen-bond acceptors (Lipinski definition) is 3. The van der Waals surface area contributed by atoms with E-state index in [0.717, 1.165) is 11.0 Å². The lowest BCUT2D eigenvalue weighted by Crippen LogP contribution is -2.23. The third-order valence-electron chi connectivity index (χ3n) is 2.58. The molecule has 90 valence electrons. The van der Waals surface area contributed by atoms with Gasteiger partial charge in [0, 0.05) is 13.2 Å². The minimum Gasteiger partial charge on any atom is -0.324 e. The molecular weight excluding hydrogens is 235 g/mol. The van der Waals surface area contributed by atoms with Gasteiger partial charge in [-0.15, -0.1) is 0 Å². The third-order valence-corrected chi connectivity index (χ3v) is 3.64. The summed E-state index contributed by atoms with van der Waals surface area (Å²) in [6.07, 6.45) is 0.254. The highest BCUT2D eigenvalue weighted by Gasteiger charge is 2.15. The van der Waals surface area contributed by atoms with E-state index in [9.17, 15) is 9.36 Å². The monoisotopic (exact) mass is 250 g/mol. The van der Waals surface area contributed by atoms with Crippen molar-refractivity contribution in [3.8, 4) is 0 Å². The minimum absolute atomic E-state index is 0.160. The highest BCUT2D eigenvalue weighted by atomic mass is 31.2. The normalized spacial score (nSPS) is 11.9. The van der Waals surface area contributed by atoms with Crippen molar-refractivity contribution in [1.29, 1.82) is 0 Å². The topological polar surface area (TPSA) is 52.0 Å². The average Bonchev–Trinajstić information content (AvgIpc) is 2.24. The molecule has 0 saturated carbocycles. The van der Waals surface area contributed by atoms with E-state index in [2.05, 4.69) is 4.98 Å². The Labute approximate surface area is 99.7 Å². The molecule has 2 aromatic rings. The van der Waals surface area contributed by atoms with E-state index in [1.807, 2.05) is 24.3 Å². The number of fused-ring (bicyclic) bond motifs is 1. The summed E-state index contributed by atoms with van der Waals surface area (Å²) >= 11 is 0. The Morgan fingerprint density at radius 3 is 2.59 bits per heavy atom. The molecule has 0 aliphatic carbocycles. The van der Waals surface area contributed by atoms with E-state index in [1.54, 1.807) is 24.9 Å². The largest absolute Gasteiger partial charge is 0.324 e. The zero-order valence-electron chi connectivity index (χ0n) is 10.2. The van der Waals surface area contributed by atoms with E-state index in [-0.39, 0.29) is 11.7 Å². The molecule has 0 N–H and O–H groups in total. The Balaban J connectivity index is 2.70. The molecule has 0 fully saturated rings. The summed E-state index contributed by atoms with van der Waals surface area (Å²) in [4.78, 5) is 16.4. The number of aryl methyl sites for hydroxylation is 1. The van der Waals surface area contributed by atoms with Crippen LogP contribution in [0.4, 0.5) is 0 Å². The highest BCUT2D eigenvalue weighted by Crippen LogP contribution is 2.39. The maximum atomic E-state index is 12.0. The van der Waals surface area contributed by atoms with Crippen molar-refractivity contribution in [2.45, 2.75) is 6.16 Å². The smallest absolute Gasteiger partial charge is 0.272 e. The molecule has 4 nitrogen and oxygen atoms in total. The number of benzene rings is 1. The quantitative estimate of drug-likeness (QED) is 0.766. The lowest BCUT2D eigenvalue weighted by Gasteiger charge is -2.09. The molecule has 0 aliphatic rings. The second kappa shape index (κ2) is 4.11. The molecule has 0 aliphatic heterocycles. The van der Waals surface area contributed by atoms with Crippen LogP contribution in [0.15, 0.2) is 29.1 Å². The molecule has 17 heavy (non-hydrogen) atoms. The summed E-state index contributed by atoms with van der Waals surface area (Å²) in [6.45, 7) is 3.34. The molecule has 2 rings (SSSR count). The molecule has 0 atom stereocenters. The van der Waals surface area contributed by atoms with Gasteiger partial charge >= 0.3 is 0 Å². The number of nitrogens with zero attached hydrogens (tertiary/aromatic N) is 2. The van der Waals surface area contributed by atoms with Crippen molar-refractivity contribution in [3.05, 3.63) is 40.3 Å². The van der Waals surface area contributed by atoms with E-state index in [1.165, 1.54) is 0 Å². The summed E-state index contributed by atoms with van der Waals surface area (Å²) in [6, 6.07) is 7.45. The summed E-state index contributed by atoms with van der Waals surface area (Å²) < 4.78 is 13.4. The van der Waals surface area contributed by atoms with Crippen molar-refractivity contribution >= 4 is 18.2 Å². The molecule has 0 radical (unpaired) electrons. The molecule has 1 aromatic carbocycles. The molecule has 5 heteroatoms. The third kappa shape index (κ3) is 2.47. The average molecular weight is 250 g/mol. The standard InChI is InChI=1S/C12H15N2O2P/c1-14-11-7-5-4-6-9(11)13-10(12(14)15)8-17(2,3)16/h4-7H,8H2,1-3H3. The fourth-order valence-electron chi connectivity index (χ4n) is 1.80. The van der Waals surface area contributed by atoms with Gasteiger partial charge in [-0.25, -0.2) is 4.98 Å². The Morgan fingerprint density at radius 1 is 1.29 bits per heavy atom. The summed E-state index contributed by atoms with van der Waals surface area (Å²) in [5, 5.41) is 0. The lowest BCUT2D eigenvalue weighted by molar-refractivity contribution is 0.581. The fourth-order valence-corrected chi connectivity index (χ4v) is 2.73. The van der Waals surface area contributed by atoms with Crippen LogP contribution in [0, 0.1) is 0 Å². The first-order chi connectivity index (χ1) is 7.88. The van der Waals surface area contributed by atoms with Gasteiger partial charge in [0.1, 0.15) is 5.69 Å². The van der Waals surface area contributed by atoms with Crippen molar-refractivity contribution in [2.75, 3.05) is 13.3 Å². The Kier molecular flexibility index (Phi) is 2.92. The van der Waals surface area contributed by atoms with Crippen LogP contribution >= 0.6 is 7.14 Å². The summed E-state index contributed by atoms with van der Waals surface area (Å²) in [5.41, 5.74) is 1.79. The highest BCUT2D eigenvalue weighted by molar-refractivity contribution is 7.61. The molecule has 0 spiro atoms. The van der Waals surface area contributed by atoms with Gasteiger partial charge in [0.05, 0.1) is 18.2 Å². The minimum atomic E-state index is -2.29. The zero-order valence-corrected chi connectivity index (χ0v) is 11.1. The molecule has 0 amide bonds. The first-order valence-corrected chi connectivity index (χ1v) is 8.16. The van der Waals surface area contributed by atoms with Gasteiger partial charge in [0.2, 0.25) is 0 Å². The summed E-state index contributed by atoms with van der Waals surface area (Å²) in [5.74, 6) is 0. The van der Waals surface area contributed by atoms with Gasteiger partial charge in [-0.05, 0) is 25.5 Å². The van der Waals surface area contributed by atoms with Gasteiger partial charge in [-0.3, -0.25) is 4.79 Å². The fraction of sp³-hybridized carbons (Fsp3) is 0.333. The van der Waals surface area contributed by atoms with Crippen LogP contribution in [-0.4, -0.2) is 22.9 Å². The zero-order chi connectivity index (χ0) is 12.6. The number of rotatable bonds is 2. The van der Waals surface area contributed by atoms with Crippen LogP contribution in [-0.2, 0) is 17.8 Å². The molecule has 1 heterocycles. The van der Waals surface area contributed by atoms with Crippen LogP contribution < -0.4 is 5.56 Å². The van der Waals surface area contributed by atoms with Crippen LogP contribution in [0.25, 0.3) is 11.0 Å². The maximum absolute atomic E-state index is 12.0. The van der Waals surface area contributed by atoms with Crippen molar-refractivity contribution in [3.63, 3.8) is 0 Å². The van der Waals surface area contributed by atoms with Gasteiger partial charge < -0.3 is 9.13 Å². The van der Waals surface area contributed by atoms with E-state index in [4.69, 9.17) is 0 Å². The molecular formula is C12H15N2O2P. The van der Waals surface area contributed by atoms with Gasteiger partial charge in [0.15, 0.2) is 0 Å². The number of aromatic nitrogens is 2. The van der Waals surface area contributed by atoms with Crippen LogP contribution in [0.5, 0.6) is 0 Å².